The molecule has 2 aromatic rings. The lowest BCUT2D eigenvalue weighted by Crippen LogP contribution is -2.20. The van der Waals surface area contributed by atoms with Gasteiger partial charge in [-0.3, -0.25) is 0 Å². The maximum atomic E-state index is 6.61. The van der Waals surface area contributed by atoms with Crippen molar-refractivity contribution in [2.75, 3.05) is 6.61 Å². The second-order valence-corrected chi connectivity index (χ2v) is 10.6. The third kappa shape index (κ3) is 9.36. The van der Waals surface area contributed by atoms with Gasteiger partial charge >= 0.3 is 0 Å². The molecule has 0 radical (unpaired) electrons. The van der Waals surface area contributed by atoms with E-state index in [4.69, 9.17) is 16.3 Å². The Kier molecular flexibility index (Phi) is 11.7. The molecule has 1 fully saturated rings. The van der Waals surface area contributed by atoms with Crippen LogP contribution >= 0.6 is 11.6 Å². The summed E-state index contributed by atoms with van der Waals surface area (Å²) >= 11 is 6.61. The molecular weight excluding hydrogens is 424 g/mol. The summed E-state index contributed by atoms with van der Waals surface area (Å²) in [5.74, 6) is 2.58. The molecule has 2 heteroatoms. The molecule has 1 aliphatic rings. The maximum Gasteiger partial charge on any atom is 0.120 e. The molecule has 1 aliphatic carbocycles. The van der Waals surface area contributed by atoms with Crippen molar-refractivity contribution in [1.29, 1.82) is 0 Å². The Labute approximate surface area is 208 Å². The first-order valence-electron chi connectivity index (χ1n) is 13.7. The van der Waals surface area contributed by atoms with Crippen LogP contribution in [0, 0.1) is 11.8 Å². The first-order chi connectivity index (χ1) is 16.2. The molecule has 0 aliphatic heterocycles. The van der Waals surface area contributed by atoms with Gasteiger partial charge in [-0.05, 0) is 79.2 Å². The fourth-order valence-electron chi connectivity index (χ4n) is 5.14. The number of unbranched alkanes of at least 4 members (excludes halogenated alkanes) is 4. The van der Waals surface area contributed by atoms with Crippen LogP contribution in [-0.4, -0.2) is 6.61 Å². The number of hydrogen-bond acceptors (Lipinski definition) is 1. The topological polar surface area (TPSA) is 9.23 Å². The summed E-state index contributed by atoms with van der Waals surface area (Å²) < 4.78 is 6.15. The van der Waals surface area contributed by atoms with Gasteiger partial charge in [0, 0.05) is 5.02 Å². The van der Waals surface area contributed by atoms with E-state index in [1.54, 1.807) is 0 Å². The van der Waals surface area contributed by atoms with E-state index in [1.807, 2.05) is 6.07 Å². The fourth-order valence-corrected chi connectivity index (χ4v) is 5.40. The lowest BCUT2D eigenvalue weighted by molar-refractivity contribution is 0.177. The largest absolute Gasteiger partial charge is 0.493 e. The summed E-state index contributed by atoms with van der Waals surface area (Å²) in [7, 11) is 0. The van der Waals surface area contributed by atoms with E-state index in [1.165, 1.54) is 93.7 Å². The smallest absolute Gasteiger partial charge is 0.120 e. The molecule has 0 N–H and O–H groups in total. The summed E-state index contributed by atoms with van der Waals surface area (Å²) in [5.41, 5.74) is 4.05. The standard InChI is InChI=1S/C31H45ClO/c1-3-5-7-9-25-11-13-27(14-12-25)19-20-29-21-22-30(23-31(29)32)33-24-28-17-15-26(16-18-28)10-8-6-4-2/h11-14,21-23,26,28H,3-10,15-20,24H2,1-2H3. The Bertz CT molecular complexity index is 789. The number of aryl methyl sites for hydroxylation is 3. The van der Waals surface area contributed by atoms with Crippen molar-refractivity contribution in [3.05, 3.63) is 64.2 Å². The number of hydrogen-bond donors (Lipinski definition) is 0. The van der Waals surface area contributed by atoms with E-state index in [0.717, 1.165) is 36.1 Å². The summed E-state index contributed by atoms with van der Waals surface area (Å²) in [6.07, 6.45) is 18.1. The third-order valence-corrected chi connectivity index (χ3v) is 7.82. The minimum absolute atomic E-state index is 0.704. The van der Waals surface area contributed by atoms with E-state index in [2.05, 4.69) is 50.2 Å². The normalized spacial score (nSPS) is 18.4. The quantitative estimate of drug-likeness (QED) is 0.251. The van der Waals surface area contributed by atoms with Gasteiger partial charge in [0.25, 0.3) is 0 Å². The van der Waals surface area contributed by atoms with Gasteiger partial charge in [-0.25, -0.2) is 0 Å². The van der Waals surface area contributed by atoms with Crippen molar-refractivity contribution in [1.82, 2.24) is 0 Å². The van der Waals surface area contributed by atoms with E-state index in [0.29, 0.717) is 5.92 Å². The van der Waals surface area contributed by atoms with Crippen LogP contribution in [0.4, 0.5) is 0 Å². The lowest BCUT2D eigenvalue weighted by atomic mass is 9.80. The minimum atomic E-state index is 0.704. The van der Waals surface area contributed by atoms with Gasteiger partial charge in [-0.2, -0.15) is 0 Å². The predicted octanol–water partition coefficient (Wildman–Crippen LogP) is 9.62. The lowest BCUT2D eigenvalue weighted by Gasteiger charge is -2.28. The first-order valence-corrected chi connectivity index (χ1v) is 14.0. The van der Waals surface area contributed by atoms with Crippen LogP contribution in [0.1, 0.15) is 101 Å². The molecule has 0 bridgehead atoms. The Hall–Kier alpha value is -1.47. The average molecular weight is 469 g/mol. The molecule has 0 amide bonds. The zero-order valence-corrected chi connectivity index (χ0v) is 21.8. The Morgan fingerprint density at radius 1 is 0.727 bits per heavy atom. The number of benzene rings is 2. The number of ether oxygens (including phenoxy) is 1. The first kappa shape index (κ1) is 26.1. The van der Waals surface area contributed by atoms with Crippen molar-refractivity contribution in [2.24, 2.45) is 11.8 Å². The number of halogens is 1. The average Bonchev–Trinajstić information content (AvgIpc) is 2.84. The SMILES string of the molecule is CCCCCc1ccc(CCc2ccc(OCC3CCC(CCCCC)CC3)cc2Cl)cc1. The molecule has 1 nitrogen and oxygen atoms in total. The maximum absolute atomic E-state index is 6.61. The van der Waals surface area contributed by atoms with Crippen LogP contribution in [0.2, 0.25) is 5.02 Å². The molecular formula is C31H45ClO. The van der Waals surface area contributed by atoms with Crippen molar-refractivity contribution < 1.29 is 4.74 Å². The molecule has 0 heterocycles. The van der Waals surface area contributed by atoms with Crippen LogP contribution < -0.4 is 4.74 Å². The highest BCUT2D eigenvalue weighted by Crippen LogP contribution is 2.33. The second kappa shape index (κ2) is 14.7. The van der Waals surface area contributed by atoms with Gasteiger partial charge in [0.05, 0.1) is 6.61 Å². The van der Waals surface area contributed by atoms with Crippen LogP contribution in [0.15, 0.2) is 42.5 Å². The van der Waals surface area contributed by atoms with Crippen LogP contribution in [0.3, 0.4) is 0 Å². The van der Waals surface area contributed by atoms with Gasteiger partial charge < -0.3 is 4.74 Å². The molecule has 0 spiro atoms. The van der Waals surface area contributed by atoms with Crippen LogP contribution in [-0.2, 0) is 19.3 Å². The zero-order valence-electron chi connectivity index (χ0n) is 21.1. The molecule has 0 unspecified atom stereocenters. The zero-order chi connectivity index (χ0) is 23.3. The van der Waals surface area contributed by atoms with Gasteiger partial charge in [0.15, 0.2) is 0 Å². The second-order valence-electron chi connectivity index (χ2n) is 10.2. The van der Waals surface area contributed by atoms with Gasteiger partial charge in [-0.15, -0.1) is 0 Å². The van der Waals surface area contributed by atoms with Crippen molar-refractivity contribution in [2.45, 2.75) is 104 Å². The number of rotatable bonds is 14. The summed E-state index contributed by atoms with van der Waals surface area (Å²) in [5, 5.41) is 0.836. The highest BCUT2D eigenvalue weighted by molar-refractivity contribution is 6.31. The van der Waals surface area contributed by atoms with Gasteiger partial charge in [-0.1, -0.05) is 107 Å². The molecule has 33 heavy (non-hydrogen) atoms. The fraction of sp³-hybridized carbons (Fsp3) is 0.613. The van der Waals surface area contributed by atoms with E-state index in [9.17, 15) is 0 Å². The van der Waals surface area contributed by atoms with Crippen molar-refractivity contribution in [3.63, 3.8) is 0 Å². The predicted molar refractivity (Wildman–Crippen MR) is 144 cm³/mol. The highest BCUT2D eigenvalue weighted by atomic mass is 35.5. The van der Waals surface area contributed by atoms with E-state index in [-0.39, 0.29) is 0 Å². The van der Waals surface area contributed by atoms with Crippen molar-refractivity contribution in [3.8, 4) is 5.75 Å². The van der Waals surface area contributed by atoms with Gasteiger partial charge in [0.2, 0.25) is 0 Å². The Morgan fingerprint density at radius 2 is 1.36 bits per heavy atom. The molecule has 0 atom stereocenters. The monoisotopic (exact) mass is 468 g/mol. The van der Waals surface area contributed by atoms with Gasteiger partial charge in [0.1, 0.15) is 5.75 Å². The summed E-state index contributed by atoms with van der Waals surface area (Å²) in [4.78, 5) is 0. The Morgan fingerprint density at radius 3 is 2.03 bits per heavy atom. The summed E-state index contributed by atoms with van der Waals surface area (Å²) in [6.45, 7) is 5.39. The highest BCUT2D eigenvalue weighted by Gasteiger charge is 2.21. The van der Waals surface area contributed by atoms with E-state index >= 15 is 0 Å². The van der Waals surface area contributed by atoms with Crippen LogP contribution in [0.5, 0.6) is 5.75 Å². The van der Waals surface area contributed by atoms with Crippen molar-refractivity contribution >= 4 is 11.6 Å². The summed E-state index contributed by atoms with van der Waals surface area (Å²) in [6, 6.07) is 15.4. The molecule has 3 rings (SSSR count). The molecule has 0 aromatic heterocycles. The third-order valence-electron chi connectivity index (χ3n) is 7.47. The molecule has 0 saturated heterocycles. The Balaban J connectivity index is 1.38. The molecule has 2 aromatic carbocycles. The van der Waals surface area contributed by atoms with Crippen LogP contribution in [0.25, 0.3) is 0 Å². The molecule has 1 saturated carbocycles. The van der Waals surface area contributed by atoms with E-state index < -0.39 is 0 Å². The molecule has 182 valence electrons. The minimum Gasteiger partial charge on any atom is -0.493 e.